The Kier molecular flexibility index (Phi) is 2.96. The van der Waals surface area contributed by atoms with Crippen LogP contribution in [-0.2, 0) is 6.42 Å². The lowest BCUT2D eigenvalue weighted by atomic mass is 9.92. The van der Waals surface area contributed by atoms with Crippen molar-refractivity contribution in [3.05, 3.63) is 29.5 Å². The number of hydrogen-bond acceptors (Lipinski definition) is 4. The highest BCUT2D eigenvalue weighted by molar-refractivity contribution is 6.03. The summed E-state index contributed by atoms with van der Waals surface area (Å²) in [5.74, 6) is 1.65. The van der Waals surface area contributed by atoms with Crippen molar-refractivity contribution < 1.29 is 14.3 Å². The van der Waals surface area contributed by atoms with Gasteiger partial charge in [0.15, 0.2) is 17.3 Å². The fourth-order valence-electron chi connectivity index (χ4n) is 3.22. The fraction of sp³-hybridized carbons (Fsp3) is 0.412. The third-order valence-electron chi connectivity index (χ3n) is 4.24. The van der Waals surface area contributed by atoms with Gasteiger partial charge in [-0.1, -0.05) is 0 Å². The van der Waals surface area contributed by atoms with Gasteiger partial charge in [0.05, 0.1) is 11.3 Å². The standard InChI is InChI=1S/C17H18N2O3/c1-10(2)19-12-4-3-5-13(20)16(12)17(18-19)11-6-7-14-15(8-11)22-9-21-14/h6-8,10H,3-5,9H2,1-2H3. The molecule has 1 aromatic carbocycles. The first-order valence-electron chi connectivity index (χ1n) is 7.69. The number of ether oxygens (including phenoxy) is 2. The number of aromatic nitrogens is 2. The smallest absolute Gasteiger partial charge is 0.231 e. The van der Waals surface area contributed by atoms with E-state index in [9.17, 15) is 4.79 Å². The molecule has 2 aromatic rings. The molecule has 1 aromatic heterocycles. The number of ketones is 1. The predicted molar refractivity (Wildman–Crippen MR) is 81.4 cm³/mol. The molecule has 5 nitrogen and oxygen atoms in total. The Balaban J connectivity index is 1.90. The number of rotatable bonds is 2. The molecule has 2 heterocycles. The molecule has 22 heavy (non-hydrogen) atoms. The van der Waals surface area contributed by atoms with Crippen LogP contribution in [0.4, 0.5) is 0 Å². The largest absolute Gasteiger partial charge is 0.454 e. The van der Waals surface area contributed by atoms with E-state index >= 15 is 0 Å². The van der Waals surface area contributed by atoms with Crippen LogP contribution >= 0.6 is 0 Å². The Morgan fingerprint density at radius 2 is 2.00 bits per heavy atom. The molecule has 0 atom stereocenters. The normalized spacial score (nSPS) is 16.2. The zero-order valence-corrected chi connectivity index (χ0v) is 12.8. The number of carbonyl (C=O) groups is 1. The lowest BCUT2D eigenvalue weighted by molar-refractivity contribution is 0.0972. The molecule has 5 heteroatoms. The van der Waals surface area contributed by atoms with Gasteiger partial charge in [0, 0.05) is 18.0 Å². The summed E-state index contributed by atoms with van der Waals surface area (Å²) in [5, 5.41) is 4.74. The first-order chi connectivity index (χ1) is 10.6. The first-order valence-corrected chi connectivity index (χ1v) is 7.69. The molecule has 0 radical (unpaired) electrons. The number of hydrogen-bond donors (Lipinski definition) is 0. The second-order valence-electron chi connectivity index (χ2n) is 6.05. The van der Waals surface area contributed by atoms with Gasteiger partial charge in [-0.3, -0.25) is 9.48 Å². The Labute approximate surface area is 128 Å². The van der Waals surface area contributed by atoms with Crippen molar-refractivity contribution in [1.29, 1.82) is 0 Å². The monoisotopic (exact) mass is 298 g/mol. The SMILES string of the molecule is CC(C)n1nc(-c2ccc3c(c2)OCO3)c2c1CCCC2=O. The average molecular weight is 298 g/mol. The fourth-order valence-corrected chi connectivity index (χ4v) is 3.22. The molecule has 0 saturated heterocycles. The number of carbonyl (C=O) groups excluding carboxylic acids is 1. The van der Waals surface area contributed by atoms with Crippen LogP contribution in [0.25, 0.3) is 11.3 Å². The average Bonchev–Trinajstić information content (AvgIpc) is 3.11. The molecule has 1 aliphatic heterocycles. The van der Waals surface area contributed by atoms with Gasteiger partial charge >= 0.3 is 0 Å². The number of benzene rings is 1. The molecular weight excluding hydrogens is 280 g/mol. The van der Waals surface area contributed by atoms with E-state index in [2.05, 4.69) is 13.8 Å². The molecule has 1 aliphatic carbocycles. The second-order valence-corrected chi connectivity index (χ2v) is 6.05. The minimum absolute atomic E-state index is 0.195. The van der Waals surface area contributed by atoms with E-state index in [-0.39, 0.29) is 18.6 Å². The highest BCUT2D eigenvalue weighted by atomic mass is 16.7. The Morgan fingerprint density at radius 3 is 2.82 bits per heavy atom. The lowest BCUT2D eigenvalue weighted by Gasteiger charge is -2.15. The zero-order chi connectivity index (χ0) is 15.3. The molecule has 4 rings (SSSR count). The number of fused-ring (bicyclic) bond motifs is 2. The molecule has 0 amide bonds. The van der Waals surface area contributed by atoms with E-state index in [0.29, 0.717) is 12.2 Å². The summed E-state index contributed by atoms with van der Waals surface area (Å²) < 4.78 is 12.8. The van der Waals surface area contributed by atoms with Crippen molar-refractivity contribution in [2.75, 3.05) is 6.79 Å². The maximum atomic E-state index is 12.4. The molecular formula is C17H18N2O3. The topological polar surface area (TPSA) is 53.4 Å². The highest BCUT2D eigenvalue weighted by Gasteiger charge is 2.29. The van der Waals surface area contributed by atoms with Gasteiger partial charge in [-0.05, 0) is 44.9 Å². The number of nitrogens with zero attached hydrogens (tertiary/aromatic N) is 2. The van der Waals surface area contributed by atoms with Crippen LogP contribution in [0.2, 0.25) is 0 Å². The van der Waals surface area contributed by atoms with Gasteiger partial charge in [0.1, 0.15) is 5.69 Å². The summed E-state index contributed by atoms with van der Waals surface area (Å²) >= 11 is 0. The number of Topliss-reactive ketones (excluding diaryl/α,β-unsaturated/α-hetero) is 1. The van der Waals surface area contributed by atoms with Crippen molar-refractivity contribution in [3.63, 3.8) is 0 Å². The molecule has 0 spiro atoms. The van der Waals surface area contributed by atoms with Crippen molar-refractivity contribution >= 4 is 5.78 Å². The molecule has 2 aliphatic rings. The van der Waals surface area contributed by atoms with E-state index in [1.165, 1.54) is 0 Å². The summed E-state index contributed by atoms with van der Waals surface area (Å²) in [7, 11) is 0. The van der Waals surface area contributed by atoms with Gasteiger partial charge in [0.25, 0.3) is 0 Å². The van der Waals surface area contributed by atoms with E-state index in [1.807, 2.05) is 22.9 Å². The first kappa shape index (κ1) is 13.4. The maximum Gasteiger partial charge on any atom is 0.231 e. The maximum absolute atomic E-state index is 12.4. The van der Waals surface area contributed by atoms with Gasteiger partial charge in [-0.15, -0.1) is 0 Å². The molecule has 0 N–H and O–H groups in total. The lowest BCUT2D eigenvalue weighted by Crippen LogP contribution is -2.15. The van der Waals surface area contributed by atoms with Crippen LogP contribution in [0.15, 0.2) is 18.2 Å². The van der Waals surface area contributed by atoms with Crippen LogP contribution in [0.5, 0.6) is 11.5 Å². The molecule has 0 unspecified atom stereocenters. The quantitative estimate of drug-likeness (QED) is 0.853. The molecule has 0 bridgehead atoms. The van der Waals surface area contributed by atoms with Crippen molar-refractivity contribution in [3.8, 4) is 22.8 Å². The van der Waals surface area contributed by atoms with Gasteiger partial charge in [-0.25, -0.2) is 0 Å². The van der Waals surface area contributed by atoms with E-state index in [4.69, 9.17) is 14.6 Å². The Hall–Kier alpha value is -2.30. The van der Waals surface area contributed by atoms with Gasteiger partial charge in [0.2, 0.25) is 6.79 Å². The summed E-state index contributed by atoms with van der Waals surface area (Å²) in [6.45, 7) is 4.43. The van der Waals surface area contributed by atoms with Crippen LogP contribution < -0.4 is 9.47 Å². The van der Waals surface area contributed by atoms with E-state index < -0.39 is 0 Å². The zero-order valence-electron chi connectivity index (χ0n) is 12.8. The van der Waals surface area contributed by atoms with Crippen LogP contribution in [-0.4, -0.2) is 22.4 Å². The second kappa shape index (κ2) is 4.87. The van der Waals surface area contributed by atoms with Crippen molar-refractivity contribution in [2.24, 2.45) is 0 Å². The van der Waals surface area contributed by atoms with Gasteiger partial charge in [-0.2, -0.15) is 5.10 Å². The van der Waals surface area contributed by atoms with Crippen LogP contribution in [0.3, 0.4) is 0 Å². The molecule has 0 saturated carbocycles. The third-order valence-corrected chi connectivity index (χ3v) is 4.24. The highest BCUT2D eigenvalue weighted by Crippen LogP contribution is 2.38. The molecule has 0 fully saturated rings. The van der Waals surface area contributed by atoms with E-state index in [0.717, 1.165) is 41.1 Å². The summed E-state index contributed by atoms with van der Waals surface area (Å²) in [6, 6.07) is 5.98. The molecule has 114 valence electrons. The predicted octanol–water partition coefficient (Wildman–Crippen LogP) is 3.38. The third kappa shape index (κ3) is 1.92. The summed E-state index contributed by atoms with van der Waals surface area (Å²) in [5.41, 5.74) is 3.54. The Morgan fingerprint density at radius 1 is 1.18 bits per heavy atom. The van der Waals surface area contributed by atoms with Crippen molar-refractivity contribution in [2.45, 2.75) is 39.2 Å². The van der Waals surface area contributed by atoms with Crippen LogP contribution in [0.1, 0.15) is 48.8 Å². The van der Waals surface area contributed by atoms with Gasteiger partial charge < -0.3 is 9.47 Å². The van der Waals surface area contributed by atoms with Crippen molar-refractivity contribution in [1.82, 2.24) is 9.78 Å². The Bertz CT molecular complexity index is 762. The minimum atomic E-state index is 0.195. The van der Waals surface area contributed by atoms with E-state index in [1.54, 1.807) is 0 Å². The minimum Gasteiger partial charge on any atom is -0.454 e. The van der Waals surface area contributed by atoms with Crippen LogP contribution in [0, 0.1) is 0 Å². The summed E-state index contributed by atoms with van der Waals surface area (Å²) in [6.07, 6.45) is 2.43. The summed E-state index contributed by atoms with van der Waals surface area (Å²) in [4.78, 5) is 12.4.